The van der Waals surface area contributed by atoms with Crippen molar-refractivity contribution in [2.24, 2.45) is 0 Å². The summed E-state index contributed by atoms with van der Waals surface area (Å²) in [5.74, 6) is 0. The first-order valence-corrected chi connectivity index (χ1v) is 9.56. The zero-order valence-electron chi connectivity index (χ0n) is 12.5. The fourth-order valence-corrected chi connectivity index (χ4v) is 2.64. The minimum atomic E-state index is -1.64. The Morgan fingerprint density at radius 3 is 2.35 bits per heavy atom. The van der Waals surface area contributed by atoms with Gasteiger partial charge < -0.3 is 9.16 Å². The first-order valence-electron chi connectivity index (χ1n) is 6.65. The van der Waals surface area contributed by atoms with Crippen molar-refractivity contribution in [3.8, 4) is 0 Å². The van der Waals surface area contributed by atoms with E-state index in [4.69, 9.17) is 9.16 Å². The molecule has 0 bridgehead atoms. The summed E-state index contributed by atoms with van der Waals surface area (Å²) in [6.45, 7) is 16.4. The van der Waals surface area contributed by atoms with Crippen molar-refractivity contribution in [3.63, 3.8) is 0 Å². The third-order valence-corrected chi connectivity index (χ3v) is 8.60. The van der Waals surface area contributed by atoms with Crippen LogP contribution in [0, 0.1) is 0 Å². The highest BCUT2D eigenvalue weighted by molar-refractivity contribution is 6.74. The second-order valence-electron chi connectivity index (χ2n) is 6.55. The first-order chi connectivity index (χ1) is 7.67. The molecular formula is C14H28O2Si. The highest BCUT2D eigenvalue weighted by Gasteiger charge is 2.38. The van der Waals surface area contributed by atoms with Gasteiger partial charge in [0.15, 0.2) is 8.32 Å². The number of hydrogen-bond acceptors (Lipinski definition) is 2. The summed E-state index contributed by atoms with van der Waals surface area (Å²) < 4.78 is 12.1. The smallest absolute Gasteiger partial charge is 0.192 e. The van der Waals surface area contributed by atoms with Crippen LogP contribution in [0.3, 0.4) is 0 Å². The molecule has 1 rings (SSSR count). The minimum Gasteiger partial charge on any atom is -0.414 e. The van der Waals surface area contributed by atoms with E-state index in [1.54, 1.807) is 0 Å². The van der Waals surface area contributed by atoms with Crippen LogP contribution >= 0.6 is 0 Å². The molecule has 0 amide bonds. The topological polar surface area (TPSA) is 18.5 Å². The highest BCUT2D eigenvalue weighted by atomic mass is 28.4. The number of rotatable bonds is 4. The summed E-state index contributed by atoms with van der Waals surface area (Å²) in [6, 6.07) is 0. The summed E-state index contributed by atoms with van der Waals surface area (Å²) in [5, 5.41) is 0.271. The maximum atomic E-state index is 6.21. The average Bonchev–Trinajstić information content (AvgIpc) is 2.55. The van der Waals surface area contributed by atoms with Crippen molar-refractivity contribution >= 4 is 8.32 Å². The molecule has 1 heterocycles. The predicted octanol–water partition coefficient (Wildman–Crippen LogP) is 4.13. The molecule has 3 heteroatoms. The van der Waals surface area contributed by atoms with Crippen molar-refractivity contribution < 1.29 is 9.16 Å². The molecule has 0 radical (unpaired) electrons. The third-order valence-electron chi connectivity index (χ3n) is 4.10. The molecule has 1 aliphatic heterocycles. The Morgan fingerprint density at radius 2 is 1.94 bits per heavy atom. The molecule has 0 unspecified atom stereocenters. The molecule has 2 nitrogen and oxygen atoms in total. The lowest BCUT2D eigenvalue weighted by atomic mass is 10.2. The molecule has 0 aromatic heterocycles. The Balaban J connectivity index is 2.51. The van der Waals surface area contributed by atoms with Crippen LogP contribution in [-0.4, -0.2) is 27.1 Å². The van der Waals surface area contributed by atoms with Crippen LogP contribution in [0.5, 0.6) is 0 Å². The molecule has 0 N–H and O–H groups in total. The highest BCUT2D eigenvalue weighted by Crippen LogP contribution is 2.37. The second kappa shape index (κ2) is 5.25. The SMILES string of the molecule is CC[C@H]1C=C(C)[C@@H](CO[Si](C)(C)C(C)(C)C)O1. The van der Waals surface area contributed by atoms with Crippen LogP contribution in [-0.2, 0) is 9.16 Å². The van der Waals surface area contributed by atoms with Crippen molar-refractivity contribution in [1.29, 1.82) is 0 Å². The van der Waals surface area contributed by atoms with Gasteiger partial charge in [0.05, 0.1) is 12.7 Å². The molecule has 2 atom stereocenters. The Hall–Kier alpha value is -0.123. The average molecular weight is 256 g/mol. The van der Waals surface area contributed by atoms with E-state index in [9.17, 15) is 0 Å². The van der Waals surface area contributed by atoms with Crippen LogP contribution in [0.1, 0.15) is 41.0 Å². The summed E-state index contributed by atoms with van der Waals surface area (Å²) >= 11 is 0. The van der Waals surface area contributed by atoms with Gasteiger partial charge in [0.25, 0.3) is 0 Å². The molecule has 17 heavy (non-hydrogen) atoms. The monoisotopic (exact) mass is 256 g/mol. The van der Waals surface area contributed by atoms with Crippen LogP contribution in [0.4, 0.5) is 0 Å². The van der Waals surface area contributed by atoms with E-state index in [2.05, 4.69) is 53.8 Å². The molecule has 0 saturated heterocycles. The molecule has 100 valence electrons. The maximum Gasteiger partial charge on any atom is 0.192 e. The second-order valence-corrected chi connectivity index (χ2v) is 11.4. The first kappa shape index (κ1) is 14.9. The van der Waals surface area contributed by atoms with Crippen molar-refractivity contribution in [2.75, 3.05) is 6.61 Å². The van der Waals surface area contributed by atoms with Crippen LogP contribution in [0.25, 0.3) is 0 Å². The molecular weight excluding hydrogens is 228 g/mol. The maximum absolute atomic E-state index is 6.21. The fraction of sp³-hybridized carbons (Fsp3) is 0.857. The molecule has 0 aliphatic carbocycles. The molecule has 1 aliphatic rings. The van der Waals surface area contributed by atoms with Crippen molar-refractivity contribution in [2.45, 2.75) is 71.4 Å². The normalized spacial score (nSPS) is 26.2. The number of hydrogen-bond donors (Lipinski definition) is 0. The van der Waals surface area contributed by atoms with E-state index in [1.165, 1.54) is 5.57 Å². The minimum absolute atomic E-state index is 0.175. The van der Waals surface area contributed by atoms with Gasteiger partial charge >= 0.3 is 0 Å². The van der Waals surface area contributed by atoms with E-state index in [-0.39, 0.29) is 11.1 Å². The summed E-state index contributed by atoms with van der Waals surface area (Å²) in [7, 11) is -1.64. The lowest BCUT2D eigenvalue weighted by molar-refractivity contribution is 0.0233. The van der Waals surface area contributed by atoms with E-state index < -0.39 is 8.32 Å². The van der Waals surface area contributed by atoms with E-state index in [1.807, 2.05) is 0 Å². The van der Waals surface area contributed by atoms with Gasteiger partial charge in [-0.25, -0.2) is 0 Å². The lowest BCUT2D eigenvalue weighted by Crippen LogP contribution is -2.42. The third kappa shape index (κ3) is 3.67. The van der Waals surface area contributed by atoms with Gasteiger partial charge in [-0.15, -0.1) is 0 Å². The molecule has 0 aromatic carbocycles. The van der Waals surface area contributed by atoms with Crippen LogP contribution in [0.2, 0.25) is 18.1 Å². The van der Waals surface area contributed by atoms with Gasteiger partial charge in [0, 0.05) is 0 Å². The van der Waals surface area contributed by atoms with E-state index in [0.717, 1.165) is 13.0 Å². The largest absolute Gasteiger partial charge is 0.414 e. The standard InChI is InChI=1S/C14H28O2Si/c1-8-12-9-11(2)13(16-12)10-15-17(6,7)14(3,4)5/h9,12-13H,8,10H2,1-7H3/t12-,13+/m0/s1. The van der Waals surface area contributed by atoms with Crippen molar-refractivity contribution in [1.82, 2.24) is 0 Å². The van der Waals surface area contributed by atoms with Crippen LogP contribution in [0.15, 0.2) is 11.6 Å². The van der Waals surface area contributed by atoms with E-state index in [0.29, 0.717) is 6.10 Å². The summed E-state index contributed by atoms with van der Waals surface area (Å²) in [4.78, 5) is 0. The molecule has 0 aromatic rings. The fourth-order valence-electron chi connectivity index (χ4n) is 1.64. The zero-order chi connectivity index (χ0) is 13.3. The zero-order valence-corrected chi connectivity index (χ0v) is 13.5. The van der Waals surface area contributed by atoms with Gasteiger partial charge in [-0.3, -0.25) is 0 Å². The Bertz CT molecular complexity index is 289. The molecule has 0 spiro atoms. The van der Waals surface area contributed by atoms with Gasteiger partial charge in [0.2, 0.25) is 0 Å². The van der Waals surface area contributed by atoms with Crippen molar-refractivity contribution in [3.05, 3.63) is 11.6 Å². The quantitative estimate of drug-likeness (QED) is 0.556. The van der Waals surface area contributed by atoms with Gasteiger partial charge in [-0.1, -0.05) is 33.8 Å². The Labute approximate surface area is 108 Å². The Kier molecular flexibility index (Phi) is 4.61. The lowest BCUT2D eigenvalue weighted by Gasteiger charge is -2.37. The molecule has 0 saturated carbocycles. The predicted molar refractivity (Wildman–Crippen MR) is 75.9 cm³/mol. The van der Waals surface area contributed by atoms with E-state index >= 15 is 0 Å². The number of ether oxygens (including phenoxy) is 1. The summed E-state index contributed by atoms with van der Waals surface area (Å²) in [5.41, 5.74) is 1.33. The van der Waals surface area contributed by atoms with Gasteiger partial charge in [-0.2, -0.15) is 0 Å². The van der Waals surface area contributed by atoms with Crippen LogP contribution < -0.4 is 0 Å². The molecule has 0 fully saturated rings. The summed E-state index contributed by atoms with van der Waals surface area (Å²) in [6.07, 6.45) is 3.75. The Morgan fingerprint density at radius 1 is 1.35 bits per heavy atom. The van der Waals surface area contributed by atoms with Gasteiger partial charge in [0.1, 0.15) is 6.10 Å². The van der Waals surface area contributed by atoms with Gasteiger partial charge in [-0.05, 0) is 37.0 Å².